The van der Waals surface area contributed by atoms with Gasteiger partial charge in [0.15, 0.2) is 11.4 Å². The van der Waals surface area contributed by atoms with Crippen LogP contribution in [0.2, 0.25) is 0 Å². The number of benzene rings is 11. The summed E-state index contributed by atoms with van der Waals surface area (Å²) in [5.41, 5.74) is 17.3. The van der Waals surface area contributed by atoms with E-state index in [2.05, 4.69) is 313 Å². The summed E-state index contributed by atoms with van der Waals surface area (Å²) in [6.45, 7) is 43.3. The maximum atomic E-state index is 11.8. The Kier molecular flexibility index (Phi) is 27.5. The number of unbranched alkanes of at least 4 members (excludes halogenated alkanes) is 2. The lowest BCUT2D eigenvalue weighted by atomic mass is 9.80. The molecule has 4 heterocycles. The third kappa shape index (κ3) is 18.2. The quantitative estimate of drug-likeness (QED) is 0.0208. The van der Waals surface area contributed by atoms with Crippen LogP contribution >= 0.6 is 0 Å². The SMILES string of the molecule is CCCCN1/C(=C\C=C\C2=[N+](CCCC)c3c(ccc4ccccc34)C2(C)C)C(C)(C)c2c1ccc1ccccc21.CN1/C(=C\C=C\C2=[N+](C)c3c(ccc4ccccc34)C2(C)C)C(C)(C)c2c1ccc1ccccc21.[C-]#[N+]/C(C#N)=c1/cc(OCCOCCC(c2ccccc2)S(=O)(=O)[O-])/c(=C(\C#N)[N+]#[C-])cc1OCCOCCC(C)c1ccccc1. The summed E-state index contributed by atoms with van der Waals surface area (Å²) in [6, 6.07) is 78.2. The Morgan fingerprint density at radius 1 is 0.512 bits per heavy atom. The molecule has 123 heavy (non-hydrogen) atoms. The van der Waals surface area contributed by atoms with Gasteiger partial charge < -0.3 is 33.3 Å². The lowest BCUT2D eigenvalue weighted by molar-refractivity contribution is -0.436. The van der Waals surface area contributed by atoms with Crippen molar-refractivity contribution in [2.24, 2.45) is 0 Å². The Morgan fingerprint density at radius 3 is 1.46 bits per heavy atom. The van der Waals surface area contributed by atoms with Crippen LogP contribution in [0.5, 0.6) is 11.5 Å². The van der Waals surface area contributed by atoms with E-state index in [0.717, 1.165) is 19.5 Å². The number of hydrogen-bond donors (Lipinski definition) is 0. The molecule has 0 saturated heterocycles. The molecule has 0 amide bonds. The summed E-state index contributed by atoms with van der Waals surface area (Å²) >= 11 is 0. The Bertz CT molecular complexity index is 6430. The molecule has 15 rings (SSSR count). The van der Waals surface area contributed by atoms with Crippen molar-refractivity contribution in [3.8, 4) is 23.6 Å². The summed E-state index contributed by atoms with van der Waals surface area (Å²) in [6.07, 6.45) is 19.5. The van der Waals surface area contributed by atoms with Crippen LogP contribution in [0, 0.1) is 35.8 Å². The van der Waals surface area contributed by atoms with Gasteiger partial charge in [-0.1, -0.05) is 255 Å². The molecule has 0 radical (unpaired) electrons. The van der Waals surface area contributed by atoms with E-state index in [9.17, 15) is 23.5 Å². The van der Waals surface area contributed by atoms with Crippen molar-refractivity contribution in [1.82, 2.24) is 0 Å². The second-order valence-corrected chi connectivity index (χ2v) is 35.7. The van der Waals surface area contributed by atoms with Crippen LogP contribution in [0.3, 0.4) is 0 Å². The van der Waals surface area contributed by atoms with Gasteiger partial charge in [-0.25, -0.2) is 28.6 Å². The monoisotopic (exact) mass is 1650 g/mol. The van der Waals surface area contributed by atoms with Crippen LogP contribution in [0.4, 0.5) is 22.7 Å². The lowest BCUT2D eigenvalue weighted by Crippen LogP contribution is -2.28. The van der Waals surface area contributed by atoms with E-state index in [1.54, 1.807) is 30.3 Å². The maximum Gasteiger partial charge on any atom is 0.272 e. The molecule has 16 heteroatoms. The number of likely N-dealkylation sites (N-methyl/N-ethyl adjacent to an activating group) is 1. The van der Waals surface area contributed by atoms with Gasteiger partial charge >= 0.3 is 0 Å². The van der Waals surface area contributed by atoms with Gasteiger partial charge in [0.05, 0.1) is 65.3 Å². The number of fused-ring (bicyclic) bond motifs is 12. The molecule has 0 saturated carbocycles. The maximum absolute atomic E-state index is 11.8. The summed E-state index contributed by atoms with van der Waals surface area (Å²) in [7, 11) is -0.212. The Hall–Kier alpha value is -12.5. The van der Waals surface area contributed by atoms with Crippen molar-refractivity contribution in [1.29, 1.82) is 10.5 Å². The number of nitrogens with zero attached hydrogens (tertiary/aromatic N) is 8. The van der Waals surface area contributed by atoms with Crippen LogP contribution in [-0.4, -0.2) is 100 Å². The van der Waals surface area contributed by atoms with Crippen LogP contribution in [-0.2, 0) is 41.3 Å². The zero-order valence-corrected chi connectivity index (χ0v) is 74.0. The normalized spacial score (nSPS) is 16.8. The summed E-state index contributed by atoms with van der Waals surface area (Å²) in [5, 5.41) is 28.8. The molecular weight excluding hydrogens is 1540 g/mol. The molecule has 0 aliphatic carbocycles. The molecule has 11 aromatic carbocycles. The first-order valence-corrected chi connectivity index (χ1v) is 44.3. The topological polar surface area (TPSA) is 163 Å². The largest absolute Gasteiger partial charge is 0.747 e. The molecule has 0 spiro atoms. The van der Waals surface area contributed by atoms with Crippen molar-refractivity contribution in [2.75, 3.05) is 76.6 Å². The number of rotatable bonds is 27. The molecule has 2 unspecified atom stereocenters. The molecular formula is C107H111N8O7S+. The first kappa shape index (κ1) is 88.3. The third-order valence-corrected chi connectivity index (χ3v) is 26.1. The highest BCUT2D eigenvalue weighted by Crippen LogP contribution is 2.53. The van der Waals surface area contributed by atoms with Crippen LogP contribution in [0.25, 0.3) is 64.2 Å². The highest BCUT2D eigenvalue weighted by Gasteiger charge is 2.47. The molecule has 4 aliphatic rings. The minimum Gasteiger partial charge on any atom is -0.747 e. The van der Waals surface area contributed by atoms with E-state index < -0.39 is 15.4 Å². The molecule has 0 bridgehead atoms. The number of hydrogen-bond acceptors (Lipinski definition) is 11. The first-order chi connectivity index (χ1) is 59.3. The smallest absolute Gasteiger partial charge is 0.272 e. The summed E-state index contributed by atoms with van der Waals surface area (Å²) < 4.78 is 63.3. The van der Waals surface area contributed by atoms with Gasteiger partial charge in [-0.3, -0.25) is 0 Å². The lowest BCUT2D eigenvalue weighted by Gasteiger charge is -2.27. The average Bonchev–Trinajstić information content (AvgIpc) is 1.59. The van der Waals surface area contributed by atoms with Crippen molar-refractivity contribution < 1.29 is 41.1 Å². The number of nitriles is 2. The minimum atomic E-state index is -4.62. The minimum absolute atomic E-state index is 0.0226. The summed E-state index contributed by atoms with van der Waals surface area (Å²) in [5.74, 6) is 0.472. The average molecular weight is 1650 g/mol. The molecule has 626 valence electrons. The van der Waals surface area contributed by atoms with Gasteiger partial charge in [0.25, 0.3) is 11.4 Å². The predicted octanol–water partition coefficient (Wildman–Crippen LogP) is 22.5. The molecule has 4 aliphatic heterocycles. The fourth-order valence-corrected chi connectivity index (χ4v) is 19.4. The van der Waals surface area contributed by atoms with Gasteiger partial charge in [0, 0.05) is 101 Å². The second kappa shape index (κ2) is 38.3. The Morgan fingerprint density at radius 2 is 0.943 bits per heavy atom. The highest BCUT2D eigenvalue weighted by atomic mass is 32.2. The van der Waals surface area contributed by atoms with E-state index in [1.165, 1.54) is 154 Å². The second-order valence-electron chi connectivity index (χ2n) is 34.1. The van der Waals surface area contributed by atoms with Crippen molar-refractivity contribution in [3.63, 3.8) is 0 Å². The van der Waals surface area contributed by atoms with Gasteiger partial charge in [-0.2, -0.15) is 9.15 Å². The molecule has 15 nitrogen and oxygen atoms in total. The van der Waals surface area contributed by atoms with Crippen molar-refractivity contribution in [3.05, 3.63) is 333 Å². The first-order valence-electron chi connectivity index (χ1n) is 42.8. The number of allylic oxidation sites excluding steroid dienone is 8. The highest BCUT2D eigenvalue weighted by molar-refractivity contribution is 7.86. The van der Waals surface area contributed by atoms with Crippen LogP contribution < -0.4 is 29.7 Å². The van der Waals surface area contributed by atoms with Crippen molar-refractivity contribution in [2.45, 2.75) is 148 Å². The number of ether oxygens (including phenoxy) is 4. The van der Waals surface area contributed by atoms with E-state index in [-0.39, 0.29) is 94.4 Å². The van der Waals surface area contributed by atoms with E-state index in [0.29, 0.717) is 18.1 Å². The summed E-state index contributed by atoms with van der Waals surface area (Å²) in [4.78, 5) is 11.5. The fraction of sp³-hybridized carbons (Fsp3) is 0.308. The zero-order valence-electron chi connectivity index (χ0n) is 73.1. The standard InChI is InChI=1S/C39H45N2.C35H34N4O7S.C33H33N2/c1-7-9-26-40-33-25-23-28-16-11-13-18-30(28)36(33)39(5,6)35(40)21-15-20-34-38(3,4)32-24-22-29-17-12-14-19-31(29)37(32)41(34)27-10-8-2;1-26(27-10-6-4-7-11-27)14-16-43-18-20-45-33-22-30(32(25-37)39-3)34(23-29(33)31(24-36)38-2)46-21-19-44-17-15-35(47(40,41)42)28-12-8-5-9-13-28;1-32(2)26-20-18-23-13-8-10-15-25(23)31(26)35(6)28(32)16-11-17-29-33(3,4)30-24-14-9-7-12-22(24)19-21-27(30)34(29)5/h11-25H,7-10,26-27H2,1-6H3;4-13,22-23,26,35H,14-21H2,1H3,(H,40,41,42);7-21H,1-6H3/q+1;;+1/p-1/b;31-29-,32-30+;. The van der Waals surface area contributed by atoms with E-state index in [4.69, 9.17) is 32.1 Å². The molecule has 0 fully saturated rings. The van der Waals surface area contributed by atoms with E-state index >= 15 is 0 Å². The van der Waals surface area contributed by atoms with Gasteiger partial charge in [0.2, 0.25) is 11.4 Å². The van der Waals surface area contributed by atoms with Crippen LogP contribution in [0.15, 0.2) is 266 Å². The Balaban J connectivity index is 0.000000160. The van der Waals surface area contributed by atoms with Gasteiger partial charge in [-0.15, -0.1) is 0 Å². The predicted molar refractivity (Wildman–Crippen MR) is 501 cm³/mol. The van der Waals surface area contributed by atoms with Gasteiger partial charge in [-0.05, 0) is 156 Å². The molecule has 0 N–H and O–H groups in total. The zero-order chi connectivity index (χ0) is 87.4. The van der Waals surface area contributed by atoms with E-state index in [1.807, 2.05) is 30.3 Å². The van der Waals surface area contributed by atoms with Crippen LogP contribution in [0.1, 0.15) is 159 Å². The molecule has 2 atom stereocenters. The fourth-order valence-electron chi connectivity index (χ4n) is 18.5. The third-order valence-electron chi connectivity index (χ3n) is 24.9. The van der Waals surface area contributed by atoms with Gasteiger partial charge in [0.1, 0.15) is 48.4 Å². The number of anilines is 2. The molecule has 0 aromatic heterocycles. The molecule has 11 aromatic rings. The van der Waals surface area contributed by atoms with Crippen molar-refractivity contribution >= 4 is 98.8 Å². The Labute approximate surface area is 726 Å².